The number of ketones is 1. The van der Waals surface area contributed by atoms with Crippen molar-refractivity contribution in [2.75, 3.05) is 0 Å². The molecular formula is C17H16Cl2O2. The van der Waals surface area contributed by atoms with E-state index < -0.39 is 6.10 Å². The van der Waals surface area contributed by atoms with Crippen LogP contribution >= 0.6 is 23.2 Å². The first-order valence-electron chi connectivity index (χ1n) is 6.62. The van der Waals surface area contributed by atoms with Gasteiger partial charge in [-0.05, 0) is 56.2 Å². The summed E-state index contributed by atoms with van der Waals surface area (Å²) in [4.78, 5) is 12.4. The minimum atomic E-state index is -0.621. The smallest absolute Gasteiger partial charge is 0.204 e. The van der Waals surface area contributed by atoms with Crippen molar-refractivity contribution in [3.8, 4) is 5.75 Å². The lowest BCUT2D eigenvalue weighted by Gasteiger charge is -2.17. The van der Waals surface area contributed by atoms with Crippen molar-refractivity contribution >= 4 is 29.0 Å². The summed E-state index contributed by atoms with van der Waals surface area (Å²) in [5.41, 5.74) is 2.56. The lowest BCUT2D eigenvalue weighted by Crippen LogP contribution is -2.24. The fourth-order valence-corrected chi connectivity index (χ4v) is 2.51. The third-order valence-electron chi connectivity index (χ3n) is 3.42. The zero-order valence-corrected chi connectivity index (χ0v) is 13.6. The van der Waals surface area contributed by atoms with E-state index in [1.54, 1.807) is 25.1 Å². The average Bonchev–Trinajstić information content (AvgIpc) is 2.43. The average molecular weight is 323 g/mol. The van der Waals surface area contributed by atoms with Gasteiger partial charge in [-0.3, -0.25) is 4.79 Å². The number of Topliss-reactive ketones (excluding diaryl/α,β-unsaturated/α-hetero) is 1. The van der Waals surface area contributed by atoms with Crippen LogP contribution in [0, 0.1) is 13.8 Å². The predicted molar refractivity (Wildman–Crippen MR) is 86.8 cm³/mol. The fourth-order valence-electron chi connectivity index (χ4n) is 2.00. The van der Waals surface area contributed by atoms with Crippen LogP contribution in [-0.2, 0) is 0 Å². The van der Waals surface area contributed by atoms with Crippen LogP contribution in [0.2, 0.25) is 10.0 Å². The molecule has 0 spiro atoms. The Bertz CT molecular complexity index is 680. The summed E-state index contributed by atoms with van der Waals surface area (Å²) in [6.45, 7) is 5.69. The minimum absolute atomic E-state index is 0.169. The number of ether oxygens (including phenoxy) is 1. The Balaban J connectivity index is 2.21. The highest BCUT2D eigenvalue weighted by atomic mass is 35.5. The number of carbonyl (C=O) groups is 1. The van der Waals surface area contributed by atoms with Gasteiger partial charge in [-0.25, -0.2) is 0 Å². The summed E-state index contributed by atoms with van der Waals surface area (Å²) in [6, 6.07) is 10.6. The predicted octanol–water partition coefficient (Wildman–Crippen LogP) is 5.26. The number of benzene rings is 2. The van der Waals surface area contributed by atoms with E-state index in [1.807, 2.05) is 32.0 Å². The number of rotatable bonds is 4. The van der Waals surface area contributed by atoms with E-state index in [1.165, 1.54) is 0 Å². The molecule has 21 heavy (non-hydrogen) atoms. The summed E-state index contributed by atoms with van der Waals surface area (Å²) < 4.78 is 5.79. The van der Waals surface area contributed by atoms with Gasteiger partial charge in [-0.15, -0.1) is 0 Å². The maximum absolute atomic E-state index is 12.4. The molecule has 4 heteroatoms. The molecule has 0 amide bonds. The second-order valence-electron chi connectivity index (χ2n) is 4.95. The maximum atomic E-state index is 12.4. The first kappa shape index (κ1) is 15.9. The van der Waals surface area contributed by atoms with Crippen molar-refractivity contribution < 1.29 is 9.53 Å². The monoisotopic (exact) mass is 322 g/mol. The molecular weight excluding hydrogens is 307 g/mol. The number of halogens is 2. The molecule has 0 saturated heterocycles. The molecule has 2 aromatic carbocycles. The third kappa shape index (κ3) is 3.58. The number of aryl methyl sites for hydroxylation is 1. The van der Waals surface area contributed by atoms with Crippen molar-refractivity contribution in [1.82, 2.24) is 0 Å². The Morgan fingerprint density at radius 2 is 1.86 bits per heavy atom. The Morgan fingerprint density at radius 3 is 2.52 bits per heavy atom. The zero-order valence-electron chi connectivity index (χ0n) is 12.1. The highest BCUT2D eigenvalue weighted by molar-refractivity contribution is 6.37. The highest BCUT2D eigenvalue weighted by Gasteiger charge is 2.20. The standard InChI is InChI=1S/C17H16Cl2O2/c1-10-5-4-6-16(11(10)2)21-12(3)17(20)14-8-7-13(18)9-15(14)19/h4-9,12H,1-3H3. The van der Waals surface area contributed by atoms with Gasteiger partial charge in [-0.1, -0.05) is 35.3 Å². The molecule has 110 valence electrons. The molecule has 0 saturated carbocycles. The molecule has 0 N–H and O–H groups in total. The molecule has 1 atom stereocenters. The lowest BCUT2D eigenvalue weighted by atomic mass is 10.1. The van der Waals surface area contributed by atoms with Crippen LogP contribution in [0.3, 0.4) is 0 Å². The quantitative estimate of drug-likeness (QED) is 0.717. The van der Waals surface area contributed by atoms with E-state index in [0.717, 1.165) is 11.1 Å². The third-order valence-corrected chi connectivity index (χ3v) is 3.97. The van der Waals surface area contributed by atoms with E-state index in [2.05, 4.69) is 0 Å². The van der Waals surface area contributed by atoms with E-state index in [4.69, 9.17) is 27.9 Å². The summed E-state index contributed by atoms with van der Waals surface area (Å²) >= 11 is 11.9. The van der Waals surface area contributed by atoms with Crippen LogP contribution in [0.5, 0.6) is 5.75 Å². The first-order valence-corrected chi connectivity index (χ1v) is 7.38. The number of carbonyl (C=O) groups excluding carboxylic acids is 1. The Hall–Kier alpha value is -1.51. The molecule has 0 aliphatic rings. The summed E-state index contributed by atoms with van der Waals surface area (Å²) in [6.07, 6.45) is -0.621. The van der Waals surface area contributed by atoms with Crippen LogP contribution in [0.25, 0.3) is 0 Å². The summed E-state index contributed by atoms with van der Waals surface area (Å²) in [7, 11) is 0. The Kier molecular flexibility index (Phi) is 4.92. The van der Waals surface area contributed by atoms with Gasteiger partial charge < -0.3 is 4.74 Å². The minimum Gasteiger partial charge on any atom is -0.482 e. The first-order chi connectivity index (χ1) is 9.90. The fraction of sp³-hybridized carbons (Fsp3) is 0.235. The summed E-state index contributed by atoms with van der Waals surface area (Å²) in [5, 5.41) is 0.837. The normalized spacial score (nSPS) is 12.0. The SMILES string of the molecule is Cc1cccc(OC(C)C(=O)c2ccc(Cl)cc2Cl)c1C. The van der Waals surface area contributed by atoms with Gasteiger partial charge in [0.15, 0.2) is 6.10 Å². The molecule has 2 rings (SSSR count). The highest BCUT2D eigenvalue weighted by Crippen LogP contribution is 2.25. The van der Waals surface area contributed by atoms with Crippen molar-refractivity contribution in [2.24, 2.45) is 0 Å². The molecule has 0 aromatic heterocycles. The molecule has 0 aliphatic heterocycles. The molecule has 0 fully saturated rings. The number of hydrogen-bond acceptors (Lipinski definition) is 2. The largest absolute Gasteiger partial charge is 0.482 e. The molecule has 0 aliphatic carbocycles. The van der Waals surface area contributed by atoms with Crippen LogP contribution in [0.1, 0.15) is 28.4 Å². The Labute approximate surface area is 134 Å². The van der Waals surface area contributed by atoms with E-state index in [9.17, 15) is 4.79 Å². The van der Waals surface area contributed by atoms with Crippen molar-refractivity contribution in [2.45, 2.75) is 26.9 Å². The van der Waals surface area contributed by atoms with Crippen LogP contribution in [-0.4, -0.2) is 11.9 Å². The van der Waals surface area contributed by atoms with Gasteiger partial charge in [0, 0.05) is 10.6 Å². The molecule has 0 bridgehead atoms. The van der Waals surface area contributed by atoms with Gasteiger partial charge in [0.05, 0.1) is 5.02 Å². The van der Waals surface area contributed by atoms with Crippen LogP contribution in [0.15, 0.2) is 36.4 Å². The van der Waals surface area contributed by atoms with Crippen molar-refractivity contribution in [3.05, 3.63) is 63.1 Å². The lowest BCUT2D eigenvalue weighted by molar-refractivity contribution is 0.0817. The molecule has 1 unspecified atom stereocenters. The summed E-state index contributed by atoms with van der Waals surface area (Å²) in [5.74, 6) is 0.540. The zero-order chi connectivity index (χ0) is 15.6. The van der Waals surface area contributed by atoms with Crippen molar-refractivity contribution in [1.29, 1.82) is 0 Å². The molecule has 0 heterocycles. The van der Waals surface area contributed by atoms with Crippen molar-refractivity contribution in [3.63, 3.8) is 0 Å². The molecule has 0 radical (unpaired) electrons. The van der Waals surface area contributed by atoms with E-state index in [-0.39, 0.29) is 5.78 Å². The Morgan fingerprint density at radius 1 is 1.14 bits per heavy atom. The molecule has 2 nitrogen and oxygen atoms in total. The van der Waals surface area contributed by atoms with Crippen LogP contribution < -0.4 is 4.74 Å². The van der Waals surface area contributed by atoms with E-state index in [0.29, 0.717) is 21.4 Å². The van der Waals surface area contributed by atoms with Gasteiger partial charge in [-0.2, -0.15) is 0 Å². The topological polar surface area (TPSA) is 26.3 Å². The number of hydrogen-bond donors (Lipinski definition) is 0. The second kappa shape index (κ2) is 6.50. The second-order valence-corrected chi connectivity index (χ2v) is 5.79. The van der Waals surface area contributed by atoms with Crippen LogP contribution in [0.4, 0.5) is 0 Å². The van der Waals surface area contributed by atoms with Gasteiger partial charge in [0.2, 0.25) is 5.78 Å². The van der Waals surface area contributed by atoms with Gasteiger partial charge >= 0.3 is 0 Å². The van der Waals surface area contributed by atoms with E-state index >= 15 is 0 Å². The molecule has 2 aromatic rings. The maximum Gasteiger partial charge on any atom is 0.204 e. The van der Waals surface area contributed by atoms with Gasteiger partial charge in [0.25, 0.3) is 0 Å². The van der Waals surface area contributed by atoms with Gasteiger partial charge in [0.1, 0.15) is 5.75 Å².